The van der Waals surface area contributed by atoms with Gasteiger partial charge in [0.2, 0.25) is 0 Å². The third kappa shape index (κ3) is 5.87. The quantitative estimate of drug-likeness (QED) is 0.478. The van der Waals surface area contributed by atoms with Crippen molar-refractivity contribution in [2.24, 2.45) is 0 Å². The number of rotatable bonds is 5. The molecule has 0 saturated heterocycles. The standard InChI is InChI=1S/2C7H7NO3/c1-11-7-5-3-2-4-6(7)8(9)10;9-8(10)6-11-7-4-2-1-3-5-7/h2-5H,1H3;1-5H,6H2. The van der Waals surface area contributed by atoms with Crippen LogP contribution in [-0.2, 0) is 0 Å². The number of hydrogen-bond acceptors (Lipinski definition) is 6. The zero-order valence-electron chi connectivity index (χ0n) is 11.7. The highest BCUT2D eigenvalue weighted by Crippen LogP contribution is 2.24. The molecule has 0 atom stereocenters. The van der Waals surface area contributed by atoms with Crippen molar-refractivity contribution >= 4 is 5.69 Å². The lowest BCUT2D eigenvalue weighted by Gasteiger charge is -1.98. The largest absolute Gasteiger partial charge is 0.490 e. The third-order valence-electron chi connectivity index (χ3n) is 2.36. The highest BCUT2D eigenvalue weighted by atomic mass is 16.7. The van der Waals surface area contributed by atoms with Crippen molar-refractivity contribution in [3.05, 3.63) is 74.8 Å². The summed E-state index contributed by atoms with van der Waals surface area (Å²) in [5, 5.41) is 20.2. The molecule has 22 heavy (non-hydrogen) atoms. The molecule has 0 aliphatic carbocycles. The van der Waals surface area contributed by atoms with Crippen molar-refractivity contribution in [2.75, 3.05) is 13.8 Å². The van der Waals surface area contributed by atoms with Crippen LogP contribution in [0.15, 0.2) is 54.6 Å². The molecule has 0 aliphatic heterocycles. The first-order chi connectivity index (χ1) is 10.5. The van der Waals surface area contributed by atoms with Gasteiger partial charge in [0.25, 0.3) is 0 Å². The summed E-state index contributed by atoms with van der Waals surface area (Å²) in [5.74, 6) is 0.807. The minimum absolute atomic E-state index is 0.00463. The predicted octanol–water partition coefficient (Wildman–Crippen LogP) is 2.90. The molecule has 0 N–H and O–H groups in total. The van der Waals surface area contributed by atoms with Crippen LogP contribution in [0.3, 0.4) is 0 Å². The molecule has 2 aromatic rings. The molecule has 0 heterocycles. The van der Waals surface area contributed by atoms with E-state index >= 15 is 0 Å². The van der Waals surface area contributed by atoms with Gasteiger partial charge in [-0.25, -0.2) is 0 Å². The van der Waals surface area contributed by atoms with Crippen molar-refractivity contribution < 1.29 is 19.3 Å². The van der Waals surface area contributed by atoms with Crippen molar-refractivity contribution in [3.8, 4) is 11.5 Å². The molecule has 0 spiro atoms. The maximum Gasteiger partial charge on any atom is 0.344 e. The Morgan fingerprint density at radius 2 is 1.55 bits per heavy atom. The molecular weight excluding hydrogens is 292 g/mol. The molecule has 0 unspecified atom stereocenters. The fraction of sp³-hybridized carbons (Fsp3) is 0.143. The van der Waals surface area contributed by atoms with E-state index in [0.29, 0.717) is 5.75 Å². The predicted molar refractivity (Wildman–Crippen MR) is 78.6 cm³/mol. The van der Waals surface area contributed by atoms with Gasteiger partial charge in [-0.3, -0.25) is 20.2 Å². The molecule has 2 aromatic carbocycles. The Labute approximate surface area is 126 Å². The van der Waals surface area contributed by atoms with Crippen LogP contribution >= 0.6 is 0 Å². The van der Waals surface area contributed by atoms with Crippen LogP contribution in [0.1, 0.15) is 0 Å². The first-order valence-electron chi connectivity index (χ1n) is 6.11. The first-order valence-corrected chi connectivity index (χ1v) is 6.11. The van der Waals surface area contributed by atoms with E-state index in [0.717, 1.165) is 0 Å². The van der Waals surface area contributed by atoms with Crippen LogP contribution in [0.5, 0.6) is 11.5 Å². The second kappa shape index (κ2) is 8.90. The maximum atomic E-state index is 10.3. The molecule has 0 amide bonds. The zero-order chi connectivity index (χ0) is 16.4. The van der Waals surface area contributed by atoms with Gasteiger partial charge in [-0.05, 0) is 18.2 Å². The lowest BCUT2D eigenvalue weighted by Crippen LogP contribution is -2.07. The van der Waals surface area contributed by atoms with Crippen LogP contribution in [0, 0.1) is 20.2 Å². The van der Waals surface area contributed by atoms with E-state index in [1.165, 1.54) is 13.2 Å². The minimum Gasteiger partial charge on any atom is -0.490 e. The molecule has 0 aromatic heterocycles. The van der Waals surface area contributed by atoms with Crippen molar-refractivity contribution in [2.45, 2.75) is 0 Å². The van der Waals surface area contributed by atoms with Gasteiger partial charge in [-0.15, -0.1) is 0 Å². The normalized spacial score (nSPS) is 9.14. The summed E-state index contributed by atoms with van der Waals surface area (Å²) in [6.45, 7) is -0.482. The van der Waals surface area contributed by atoms with Crippen LogP contribution in [0.2, 0.25) is 0 Å². The number of nitrogens with zero attached hydrogens (tertiary/aromatic N) is 2. The van der Waals surface area contributed by atoms with Gasteiger partial charge in [0.1, 0.15) is 5.75 Å². The Bertz CT molecular complexity index is 618. The summed E-state index contributed by atoms with van der Waals surface area (Å²) in [6.07, 6.45) is 0. The van der Waals surface area contributed by atoms with E-state index in [1.54, 1.807) is 42.5 Å². The summed E-state index contributed by atoms with van der Waals surface area (Å²) in [5.41, 5.74) is -0.00463. The molecular formula is C14H14N2O6. The van der Waals surface area contributed by atoms with Gasteiger partial charge in [-0.1, -0.05) is 30.3 Å². The van der Waals surface area contributed by atoms with Crippen LogP contribution in [0.25, 0.3) is 0 Å². The van der Waals surface area contributed by atoms with E-state index in [1.807, 2.05) is 6.07 Å². The van der Waals surface area contributed by atoms with Gasteiger partial charge in [0, 0.05) is 6.07 Å². The molecule has 116 valence electrons. The van der Waals surface area contributed by atoms with Gasteiger partial charge in [0.15, 0.2) is 5.75 Å². The smallest absolute Gasteiger partial charge is 0.344 e. The number of benzene rings is 2. The maximum absolute atomic E-state index is 10.3. The molecule has 0 fully saturated rings. The number of para-hydroxylation sites is 3. The Balaban J connectivity index is 0.000000220. The Morgan fingerprint density at radius 3 is 2.05 bits per heavy atom. The molecule has 0 saturated carbocycles. The monoisotopic (exact) mass is 306 g/mol. The Morgan fingerprint density at radius 1 is 0.955 bits per heavy atom. The van der Waals surface area contributed by atoms with E-state index in [2.05, 4.69) is 0 Å². The Kier molecular flexibility index (Phi) is 6.84. The summed E-state index contributed by atoms with van der Waals surface area (Å²) in [4.78, 5) is 19.2. The fourth-order valence-electron chi connectivity index (χ4n) is 1.42. The SMILES string of the molecule is COc1ccccc1[N+](=O)[O-].O=[N+]([O-])COc1ccccc1. The first kappa shape index (κ1) is 16.9. The van der Waals surface area contributed by atoms with Crippen LogP contribution < -0.4 is 9.47 Å². The molecule has 0 aliphatic rings. The number of nitro benzene ring substituents is 1. The number of nitro groups is 2. The van der Waals surface area contributed by atoms with Crippen molar-refractivity contribution in [1.29, 1.82) is 0 Å². The molecule has 8 nitrogen and oxygen atoms in total. The van der Waals surface area contributed by atoms with Gasteiger partial charge in [-0.2, -0.15) is 0 Å². The van der Waals surface area contributed by atoms with Gasteiger partial charge >= 0.3 is 12.4 Å². The highest BCUT2D eigenvalue weighted by molar-refractivity contribution is 5.45. The second-order valence-electron chi connectivity index (χ2n) is 3.85. The zero-order valence-corrected chi connectivity index (χ0v) is 11.7. The second-order valence-corrected chi connectivity index (χ2v) is 3.85. The average Bonchev–Trinajstić information content (AvgIpc) is 2.54. The molecule has 8 heteroatoms. The summed E-state index contributed by atoms with van der Waals surface area (Å²) in [6, 6.07) is 14.9. The minimum atomic E-state index is -0.521. The fourth-order valence-corrected chi connectivity index (χ4v) is 1.42. The van der Waals surface area contributed by atoms with E-state index in [-0.39, 0.29) is 11.4 Å². The lowest BCUT2D eigenvalue weighted by molar-refractivity contribution is -0.514. The molecule has 2 rings (SSSR count). The Hall–Kier alpha value is -3.16. The number of methoxy groups -OCH3 is 1. The average molecular weight is 306 g/mol. The van der Waals surface area contributed by atoms with E-state index in [4.69, 9.17) is 9.47 Å². The summed E-state index contributed by atoms with van der Waals surface area (Å²) < 4.78 is 9.53. The third-order valence-corrected chi connectivity index (χ3v) is 2.36. The topological polar surface area (TPSA) is 105 Å². The van der Waals surface area contributed by atoms with E-state index < -0.39 is 16.6 Å². The highest BCUT2D eigenvalue weighted by Gasteiger charge is 2.11. The van der Waals surface area contributed by atoms with Gasteiger partial charge < -0.3 is 9.47 Å². The lowest BCUT2D eigenvalue weighted by atomic mass is 10.3. The van der Waals surface area contributed by atoms with Crippen molar-refractivity contribution in [1.82, 2.24) is 0 Å². The van der Waals surface area contributed by atoms with E-state index in [9.17, 15) is 20.2 Å². The van der Waals surface area contributed by atoms with Crippen LogP contribution in [-0.4, -0.2) is 23.7 Å². The van der Waals surface area contributed by atoms with Crippen LogP contribution in [0.4, 0.5) is 5.69 Å². The molecule has 0 bridgehead atoms. The van der Waals surface area contributed by atoms with Crippen molar-refractivity contribution in [3.63, 3.8) is 0 Å². The summed E-state index contributed by atoms with van der Waals surface area (Å²) in [7, 11) is 1.41. The number of ether oxygens (including phenoxy) is 2. The molecule has 0 radical (unpaired) electrons. The summed E-state index contributed by atoms with van der Waals surface area (Å²) >= 11 is 0. The van der Waals surface area contributed by atoms with Gasteiger partial charge in [0.05, 0.1) is 17.0 Å². The number of hydrogen-bond donors (Lipinski definition) is 0.